The standard InChI is InChI=1S/C18H15N3O6/c1-26-14-5-6-15-12(10-27-16(15)9-14)8-17(22)19-20-18(23)11-3-2-4-13(7-11)21(24)25/h2-7,9-10H,8H2,1H3,(H,19,22)(H,20,23). The summed E-state index contributed by atoms with van der Waals surface area (Å²) in [5, 5.41) is 11.5. The fraction of sp³-hybridized carbons (Fsp3) is 0.111. The lowest BCUT2D eigenvalue weighted by Gasteiger charge is -2.07. The molecule has 9 heteroatoms. The molecule has 0 unspecified atom stereocenters. The van der Waals surface area contributed by atoms with Crippen LogP contribution in [-0.2, 0) is 11.2 Å². The van der Waals surface area contributed by atoms with Gasteiger partial charge in [0.05, 0.1) is 24.7 Å². The third kappa shape index (κ3) is 4.03. The summed E-state index contributed by atoms with van der Waals surface area (Å²) in [6, 6.07) is 10.4. The first kappa shape index (κ1) is 17.9. The Bertz CT molecular complexity index is 1030. The number of amides is 2. The van der Waals surface area contributed by atoms with E-state index >= 15 is 0 Å². The van der Waals surface area contributed by atoms with Gasteiger partial charge in [0.15, 0.2) is 0 Å². The van der Waals surface area contributed by atoms with Crippen molar-refractivity contribution in [1.82, 2.24) is 10.9 Å². The van der Waals surface area contributed by atoms with Gasteiger partial charge >= 0.3 is 0 Å². The molecule has 27 heavy (non-hydrogen) atoms. The summed E-state index contributed by atoms with van der Waals surface area (Å²) in [6.07, 6.45) is 1.45. The van der Waals surface area contributed by atoms with E-state index in [-0.39, 0.29) is 17.7 Å². The molecule has 0 fully saturated rings. The SMILES string of the molecule is COc1ccc2c(CC(=O)NNC(=O)c3cccc([N+](=O)[O-])c3)coc2c1. The zero-order chi connectivity index (χ0) is 19.4. The Morgan fingerprint density at radius 1 is 1.19 bits per heavy atom. The number of hydrogen-bond acceptors (Lipinski definition) is 6. The van der Waals surface area contributed by atoms with Gasteiger partial charge in [0.25, 0.3) is 11.6 Å². The van der Waals surface area contributed by atoms with Crippen LogP contribution in [0.3, 0.4) is 0 Å². The van der Waals surface area contributed by atoms with Gasteiger partial charge in [-0.1, -0.05) is 6.07 Å². The number of ether oxygens (including phenoxy) is 1. The highest BCUT2D eigenvalue weighted by Gasteiger charge is 2.14. The fourth-order valence-electron chi connectivity index (χ4n) is 2.50. The minimum absolute atomic E-state index is 0.0193. The zero-order valence-electron chi connectivity index (χ0n) is 14.2. The Balaban J connectivity index is 1.62. The number of hydrazine groups is 1. The van der Waals surface area contributed by atoms with Crippen LogP contribution in [0, 0.1) is 10.1 Å². The van der Waals surface area contributed by atoms with Crippen molar-refractivity contribution >= 4 is 28.5 Å². The molecule has 138 valence electrons. The third-order valence-electron chi connectivity index (χ3n) is 3.85. The number of nitro groups is 1. The van der Waals surface area contributed by atoms with Crippen LogP contribution in [0.2, 0.25) is 0 Å². The number of furan rings is 1. The number of carbonyl (C=O) groups is 2. The quantitative estimate of drug-likeness (QED) is 0.525. The topological polar surface area (TPSA) is 124 Å². The minimum atomic E-state index is -0.658. The molecule has 0 aliphatic carbocycles. The maximum atomic E-state index is 12.1. The predicted octanol–water partition coefficient (Wildman–Crippen LogP) is 2.35. The highest BCUT2D eigenvalue weighted by molar-refractivity contribution is 5.96. The average molecular weight is 369 g/mol. The molecule has 2 aromatic carbocycles. The first-order valence-corrected chi connectivity index (χ1v) is 7.85. The Morgan fingerprint density at radius 2 is 2.00 bits per heavy atom. The lowest BCUT2D eigenvalue weighted by molar-refractivity contribution is -0.384. The van der Waals surface area contributed by atoms with E-state index in [4.69, 9.17) is 9.15 Å². The number of nitrogens with one attached hydrogen (secondary N) is 2. The molecule has 3 aromatic rings. The number of methoxy groups -OCH3 is 1. The molecule has 0 atom stereocenters. The van der Waals surface area contributed by atoms with Crippen LogP contribution in [-0.4, -0.2) is 23.8 Å². The largest absolute Gasteiger partial charge is 0.497 e. The number of carbonyl (C=O) groups excluding carboxylic acids is 2. The van der Waals surface area contributed by atoms with Gasteiger partial charge in [0.1, 0.15) is 11.3 Å². The number of non-ortho nitro benzene ring substituents is 1. The van der Waals surface area contributed by atoms with Crippen LogP contribution >= 0.6 is 0 Å². The van der Waals surface area contributed by atoms with Crippen LogP contribution < -0.4 is 15.6 Å². The van der Waals surface area contributed by atoms with Gasteiger partial charge in [-0.3, -0.25) is 30.6 Å². The van der Waals surface area contributed by atoms with Crippen LogP contribution in [0.25, 0.3) is 11.0 Å². The Hall–Kier alpha value is -3.88. The van der Waals surface area contributed by atoms with E-state index in [0.717, 1.165) is 11.5 Å². The number of hydrogen-bond donors (Lipinski definition) is 2. The zero-order valence-corrected chi connectivity index (χ0v) is 14.2. The van der Waals surface area contributed by atoms with Gasteiger partial charge in [0, 0.05) is 34.7 Å². The van der Waals surface area contributed by atoms with E-state index in [1.54, 1.807) is 25.3 Å². The third-order valence-corrected chi connectivity index (χ3v) is 3.85. The van der Waals surface area contributed by atoms with Gasteiger partial charge in [0.2, 0.25) is 5.91 Å². The smallest absolute Gasteiger partial charge is 0.270 e. The molecule has 3 rings (SSSR count). The minimum Gasteiger partial charge on any atom is -0.497 e. The van der Waals surface area contributed by atoms with Crippen molar-refractivity contribution in [3.63, 3.8) is 0 Å². The molecule has 0 spiro atoms. The summed E-state index contributed by atoms with van der Waals surface area (Å²) in [5.74, 6) is -0.488. The van der Waals surface area contributed by atoms with Crippen LogP contribution in [0.15, 0.2) is 53.1 Å². The molecular formula is C18H15N3O6. The number of fused-ring (bicyclic) bond motifs is 1. The molecular weight excluding hydrogens is 354 g/mol. The van der Waals surface area contributed by atoms with Crippen molar-refractivity contribution in [1.29, 1.82) is 0 Å². The summed E-state index contributed by atoms with van der Waals surface area (Å²) in [4.78, 5) is 34.3. The summed E-state index contributed by atoms with van der Waals surface area (Å²) < 4.78 is 10.5. The molecule has 1 aromatic heterocycles. The van der Waals surface area contributed by atoms with E-state index in [1.165, 1.54) is 24.5 Å². The first-order valence-electron chi connectivity index (χ1n) is 7.85. The second-order valence-corrected chi connectivity index (χ2v) is 5.61. The van der Waals surface area contributed by atoms with Crippen molar-refractivity contribution in [3.8, 4) is 5.75 Å². The summed E-state index contributed by atoms with van der Waals surface area (Å²) in [6.45, 7) is 0. The van der Waals surface area contributed by atoms with Crippen molar-refractivity contribution < 1.29 is 23.7 Å². The van der Waals surface area contributed by atoms with Gasteiger partial charge in [-0.25, -0.2) is 0 Å². The van der Waals surface area contributed by atoms with E-state index in [1.807, 2.05) is 0 Å². The molecule has 1 heterocycles. The van der Waals surface area contributed by atoms with Gasteiger partial charge in [-0.2, -0.15) is 0 Å². The van der Waals surface area contributed by atoms with E-state index in [0.29, 0.717) is 16.9 Å². The second kappa shape index (κ2) is 7.56. The molecule has 0 saturated carbocycles. The van der Waals surface area contributed by atoms with E-state index in [2.05, 4.69) is 10.9 Å². The van der Waals surface area contributed by atoms with Gasteiger partial charge in [-0.15, -0.1) is 0 Å². The van der Waals surface area contributed by atoms with Crippen molar-refractivity contribution in [3.05, 3.63) is 70.0 Å². The fourth-order valence-corrected chi connectivity index (χ4v) is 2.50. The Kier molecular flexibility index (Phi) is 5.02. The lowest BCUT2D eigenvalue weighted by atomic mass is 10.1. The molecule has 0 radical (unpaired) electrons. The van der Waals surface area contributed by atoms with Crippen molar-refractivity contribution in [2.24, 2.45) is 0 Å². The highest BCUT2D eigenvalue weighted by Crippen LogP contribution is 2.25. The molecule has 2 N–H and O–H groups in total. The molecule has 2 amide bonds. The molecule has 0 bridgehead atoms. The van der Waals surface area contributed by atoms with E-state index < -0.39 is 16.7 Å². The Morgan fingerprint density at radius 3 is 2.74 bits per heavy atom. The predicted molar refractivity (Wildman–Crippen MR) is 95.2 cm³/mol. The maximum Gasteiger partial charge on any atom is 0.270 e. The molecule has 9 nitrogen and oxygen atoms in total. The second-order valence-electron chi connectivity index (χ2n) is 5.61. The maximum absolute atomic E-state index is 12.1. The summed E-state index contributed by atoms with van der Waals surface area (Å²) in [7, 11) is 1.54. The molecule has 0 saturated heterocycles. The van der Waals surface area contributed by atoms with E-state index in [9.17, 15) is 19.7 Å². The number of rotatable bonds is 5. The van der Waals surface area contributed by atoms with Crippen LogP contribution in [0.1, 0.15) is 15.9 Å². The van der Waals surface area contributed by atoms with Crippen molar-refractivity contribution in [2.45, 2.75) is 6.42 Å². The highest BCUT2D eigenvalue weighted by atomic mass is 16.6. The normalized spacial score (nSPS) is 10.4. The monoisotopic (exact) mass is 369 g/mol. The first-order chi connectivity index (χ1) is 13.0. The van der Waals surface area contributed by atoms with Crippen LogP contribution in [0.5, 0.6) is 5.75 Å². The molecule has 0 aliphatic rings. The van der Waals surface area contributed by atoms with Crippen molar-refractivity contribution in [2.75, 3.05) is 7.11 Å². The number of nitro benzene ring substituents is 1. The average Bonchev–Trinajstić information content (AvgIpc) is 3.08. The van der Waals surface area contributed by atoms with Gasteiger partial charge < -0.3 is 9.15 Å². The Labute approximate surface area is 153 Å². The van der Waals surface area contributed by atoms with Gasteiger partial charge in [-0.05, 0) is 18.2 Å². The van der Waals surface area contributed by atoms with Crippen LogP contribution in [0.4, 0.5) is 5.69 Å². The number of benzene rings is 2. The summed E-state index contributed by atoms with van der Waals surface area (Å²) in [5.41, 5.74) is 5.59. The number of nitrogens with zero attached hydrogens (tertiary/aromatic N) is 1. The molecule has 0 aliphatic heterocycles. The lowest BCUT2D eigenvalue weighted by Crippen LogP contribution is -2.42. The summed E-state index contributed by atoms with van der Waals surface area (Å²) >= 11 is 0.